The molecule has 0 unspecified atom stereocenters. The Morgan fingerprint density at radius 2 is 1.90 bits per heavy atom. The van der Waals surface area contributed by atoms with Crippen molar-refractivity contribution in [1.82, 2.24) is 20.5 Å². The number of nitrogens with one attached hydrogen (secondary N) is 2. The van der Waals surface area contributed by atoms with Crippen LogP contribution in [0.5, 0.6) is 0 Å². The molecular formula is C21H31IN6OS. The van der Waals surface area contributed by atoms with Gasteiger partial charge in [-0.15, -0.1) is 35.3 Å². The Labute approximate surface area is 200 Å². The maximum atomic E-state index is 12.5. The number of anilines is 1. The average molecular weight is 542 g/mol. The Kier molecular flexibility index (Phi) is 10.4. The molecule has 0 aliphatic carbocycles. The first-order valence-corrected chi connectivity index (χ1v) is 11.0. The molecule has 3 rings (SSSR count). The van der Waals surface area contributed by atoms with Crippen LogP contribution in [0, 0.1) is 0 Å². The topological polar surface area (TPSA) is 72.9 Å². The van der Waals surface area contributed by atoms with Crippen LogP contribution in [0.4, 0.5) is 5.82 Å². The lowest BCUT2D eigenvalue weighted by atomic mass is 10.2. The molecule has 2 aromatic heterocycles. The highest BCUT2D eigenvalue weighted by atomic mass is 127. The molecule has 2 aromatic rings. The number of hydrogen-bond acceptors (Lipinski definition) is 5. The monoisotopic (exact) mass is 542 g/mol. The molecule has 3 heterocycles. The number of carbonyl (C=O) groups is 1. The fraction of sp³-hybridized carbons (Fsp3) is 0.476. The maximum absolute atomic E-state index is 12.5. The highest BCUT2D eigenvalue weighted by molar-refractivity contribution is 14.0. The molecule has 1 aliphatic rings. The summed E-state index contributed by atoms with van der Waals surface area (Å²) in [5.74, 6) is 1.89. The van der Waals surface area contributed by atoms with E-state index in [4.69, 9.17) is 0 Å². The van der Waals surface area contributed by atoms with Gasteiger partial charge in [-0.05, 0) is 30.7 Å². The summed E-state index contributed by atoms with van der Waals surface area (Å²) in [7, 11) is 1.75. The molecule has 30 heavy (non-hydrogen) atoms. The van der Waals surface area contributed by atoms with E-state index in [0.717, 1.165) is 50.9 Å². The number of thiophene rings is 1. The number of carbonyl (C=O) groups excluding carboxylic acids is 1. The van der Waals surface area contributed by atoms with Gasteiger partial charge in [0.25, 0.3) is 0 Å². The number of aromatic nitrogens is 1. The number of hydrogen-bond donors (Lipinski definition) is 2. The van der Waals surface area contributed by atoms with E-state index in [1.807, 2.05) is 34.4 Å². The van der Waals surface area contributed by atoms with E-state index in [9.17, 15) is 4.79 Å². The molecule has 0 aromatic carbocycles. The summed E-state index contributed by atoms with van der Waals surface area (Å²) in [5, 5.41) is 6.55. The molecular weight excluding hydrogens is 511 g/mol. The number of guanidine groups is 1. The van der Waals surface area contributed by atoms with Gasteiger partial charge < -0.3 is 20.4 Å². The quantitative estimate of drug-likeness (QED) is 0.320. The Morgan fingerprint density at radius 3 is 2.53 bits per heavy atom. The third-order valence-electron chi connectivity index (χ3n) is 4.96. The largest absolute Gasteiger partial charge is 0.356 e. The Bertz CT molecular complexity index is 805. The van der Waals surface area contributed by atoms with Crippen LogP contribution in [0.1, 0.15) is 23.1 Å². The summed E-state index contributed by atoms with van der Waals surface area (Å²) in [6.07, 6.45) is 3.33. The van der Waals surface area contributed by atoms with Crippen molar-refractivity contribution in [3.63, 3.8) is 0 Å². The maximum Gasteiger partial charge on any atom is 0.224 e. The molecule has 0 bridgehead atoms. The predicted molar refractivity (Wildman–Crippen MR) is 135 cm³/mol. The Morgan fingerprint density at radius 1 is 1.13 bits per heavy atom. The fourth-order valence-corrected chi connectivity index (χ4v) is 4.17. The first-order chi connectivity index (χ1) is 14.2. The zero-order chi connectivity index (χ0) is 20.5. The lowest BCUT2D eigenvalue weighted by Gasteiger charge is -2.35. The number of piperazine rings is 1. The van der Waals surface area contributed by atoms with Crippen LogP contribution < -0.4 is 15.5 Å². The van der Waals surface area contributed by atoms with E-state index < -0.39 is 0 Å². The van der Waals surface area contributed by atoms with Crippen LogP contribution in [0.15, 0.2) is 41.5 Å². The van der Waals surface area contributed by atoms with Crippen molar-refractivity contribution < 1.29 is 4.79 Å². The first kappa shape index (κ1) is 24.4. The minimum atomic E-state index is 0. The van der Waals surface area contributed by atoms with E-state index >= 15 is 0 Å². The first-order valence-electron chi connectivity index (χ1n) is 10.2. The van der Waals surface area contributed by atoms with E-state index in [1.54, 1.807) is 13.2 Å². The van der Waals surface area contributed by atoms with E-state index in [1.165, 1.54) is 9.75 Å². The predicted octanol–water partition coefficient (Wildman–Crippen LogP) is 2.73. The SMILES string of the molecule is CCc1ccc(CNC(=NC)NCCC(=O)N2CCN(c3ccccn3)CC2)s1.I. The summed E-state index contributed by atoms with van der Waals surface area (Å²) in [6, 6.07) is 10.2. The highest BCUT2D eigenvalue weighted by Crippen LogP contribution is 2.16. The van der Waals surface area contributed by atoms with Crippen LogP contribution in [0.3, 0.4) is 0 Å². The minimum Gasteiger partial charge on any atom is -0.356 e. The smallest absolute Gasteiger partial charge is 0.224 e. The second-order valence-corrected chi connectivity index (χ2v) is 8.13. The molecule has 0 radical (unpaired) electrons. The highest BCUT2D eigenvalue weighted by Gasteiger charge is 2.21. The van der Waals surface area contributed by atoms with Gasteiger partial charge >= 0.3 is 0 Å². The number of aliphatic imine (C=N–C) groups is 1. The molecule has 1 aliphatic heterocycles. The van der Waals surface area contributed by atoms with Gasteiger partial charge in [0.2, 0.25) is 5.91 Å². The van der Waals surface area contributed by atoms with Crippen LogP contribution in [-0.2, 0) is 17.8 Å². The van der Waals surface area contributed by atoms with E-state index in [0.29, 0.717) is 13.0 Å². The van der Waals surface area contributed by atoms with Gasteiger partial charge in [-0.25, -0.2) is 4.98 Å². The van der Waals surface area contributed by atoms with Crippen LogP contribution >= 0.6 is 35.3 Å². The van der Waals surface area contributed by atoms with Crippen molar-refractivity contribution in [2.24, 2.45) is 4.99 Å². The zero-order valence-electron chi connectivity index (χ0n) is 17.6. The van der Waals surface area contributed by atoms with Gasteiger partial charge in [-0.2, -0.15) is 0 Å². The molecule has 2 N–H and O–H groups in total. The summed E-state index contributed by atoms with van der Waals surface area (Å²) in [5.41, 5.74) is 0. The van der Waals surface area contributed by atoms with Crippen molar-refractivity contribution >= 4 is 53.0 Å². The van der Waals surface area contributed by atoms with Crippen molar-refractivity contribution in [1.29, 1.82) is 0 Å². The van der Waals surface area contributed by atoms with E-state index in [2.05, 4.69) is 44.6 Å². The molecule has 7 nitrogen and oxygen atoms in total. The number of rotatable bonds is 7. The summed E-state index contributed by atoms with van der Waals surface area (Å²) >= 11 is 1.82. The molecule has 1 amide bonds. The summed E-state index contributed by atoms with van der Waals surface area (Å²) < 4.78 is 0. The third kappa shape index (κ3) is 7.12. The molecule has 0 atom stereocenters. The van der Waals surface area contributed by atoms with Gasteiger partial charge in [0.15, 0.2) is 5.96 Å². The molecule has 0 spiro atoms. The van der Waals surface area contributed by atoms with Gasteiger partial charge in [0.05, 0.1) is 6.54 Å². The van der Waals surface area contributed by atoms with Gasteiger partial charge in [0, 0.05) is 62.1 Å². The zero-order valence-corrected chi connectivity index (χ0v) is 20.8. The lowest BCUT2D eigenvalue weighted by Crippen LogP contribution is -2.49. The van der Waals surface area contributed by atoms with Gasteiger partial charge in [0.1, 0.15) is 5.82 Å². The molecule has 1 saturated heterocycles. The standard InChI is InChI=1S/C21H30N6OS.HI/c1-3-17-7-8-18(29-17)16-25-21(22-2)24-11-9-20(28)27-14-12-26(13-15-27)19-6-4-5-10-23-19;/h4-8,10H,3,9,11-16H2,1-2H3,(H2,22,24,25);1H. The summed E-state index contributed by atoms with van der Waals surface area (Å²) in [6.45, 7) is 6.59. The number of aryl methyl sites for hydroxylation is 1. The van der Waals surface area contributed by atoms with Crippen LogP contribution in [-0.4, -0.2) is 61.5 Å². The average Bonchev–Trinajstić information content (AvgIpc) is 3.25. The van der Waals surface area contributed by atoms with E-state index in [-0.39, 0.29) is 29.9 Å². The van der Waals surface area contributed by atoms with Crippen LogP contribution in [0.2, 0.25) is 0 Å². The number of nitrogens with zero attached hydrogens (tertiary/aromatic N) is 4. The molecule has 1 fully saturated rings. The van der Waals surface area contributed by atoms with Gasteiger partial charge in [-0.1, -0.05) is 13.0 Å². The third-order valence-corrected chi connectivity index (χ3v) is 6.19. The normalized spacial score (nSPS) is 14.3. The molecule has 164 valence electrons. The Balaban J connectivity index is 0.00000320. The van der Waals surface area contributed by atoms with Crippen molar-refractivity contribution in [2.45, 2.75) is 26.3 Å². The van der Waals surface area contributed by atoms with Crippen LogP contribution in [0.25, 0.3) is 0 Å². The lowest BCUT2D eigenvalue weighted by molar-refractivity contribution is -0.131. The van der Waals surface area contributed by atoms with Crippen molar-refractivity contribution in [2.75, 3.05) is 44.7 Å². The summed E-state index contributed by atoms with van der Waals surface area (Å²) in [4.78, 5) is 28.0. The van der Waals surface area contributed by atoms with Gasteiger partial charge in [-0.3, -0.25) is 9.79 Å². The van der Waals surface area contributed by atoms with Crippen molar-refractivity contribution in [3.8, 4) is 0 Å². The minimum absolute atomic E-state index is 0. The van der Waals surface area contributed by atoms with Crippen molar-refractivity contribution in [3.05, 3.63) is 46.3 Å². The number of pyridine rings is 1. The number of amides is 1. The number of halogens is 1. The molecule has 9 heteroatoms. The fourth-order valence-electron chi connectivity index (χ4n) is 3.27. The molecule has 0 saturated carbocycles. The second kappa shape index (κ2) is 12.7. The Hall–Kier alpha value is -1.88. The second-order valence-electron chi connectivity index (χ2n) is 6.88.